The summed E-state index contributed by atoms with van der Waals surface area (Å²) in [7, 11) is 0. The predicted octanol–water partition coefficient (Wildman–Crippen LogP) is 7.44. The Balaban J connectivity index is 1.43. The molecule has 0 fully saturated rings. The zero-order chi connectivity index (χ0) is 27.7. The molecule has 7 nitrogen and oxygen atoms in total. The highest BCUT2D eigenvalue weighted by Crippen LogP contribution is 2.45. The van der Waals surface area contributed by atoms with Gasteiger partial charge in [-0.25, -0.2) is 9.79 Å². The van der Waals surface area contributed by atoms with E-state index in [2.05, 4.69) is 26.1 Å². The molecule has 1 atom stereocenters. The number of nitrogens with zero attached hydrogens (tertiary/aromatic N) is 1. The number of fused-ring (bicyclic) bond motifs is 1. The molecular weight excluding hydrogens is 512 g/mol. The number of amides is 1. The Kier molecular flexibility index (Phi) is 7.32. The van der Waals surface area contributed by atoms with Crippen LogP contribution in [0.25, 0.3) is 11.3 Å². The number of carbonyl (C=O) groups is 2. The molecule has 3 heterocycles. The topological polar surface area (TPSA) is 105 Å². The van der Waals surface area contributed by atoms with E-state index in [-0.39, 0.29) is 16.9 Å². The van der Waals surface area contributed by atoms with Crippen molar-refractivity contribution in [3.63, 3.8) is 0 Å². The Morgan fingerprint density at radius 2 is 2.03 bits per heavy atom. The predicted molar refractivity (Wildman–Crippen MR) is 152 cm³/mol. The summed E-state index contributed by atoms with van der Waals surface area (Å²) in [5.74, 6) is 1.30. The molecule has 5 rings (SSSR count). The first-order chi connectivity index (χ1) is 18.6. The average Bonchev–Trinajstić information content (AvgIpc) is 3.65. The lowest BCUT2D eigenvalue weighted by molar-refractivity contribution is 0.0696. The molecule has 0 unspecified atom stereocenters. The average molecular weight is 545 g/mol. The van der Waals surface area contributed by atoms with E-state index in [0.717, 1.165) is 36.0 Å². The number of carboxylic acids is 1. The van der Waals surface area contributed by atoms with Gasteiger partial charge in [0.15, 0.2) is 0 Å². The highest BCUT2D eigenvalue weighted by molar-refractivity contribution is 7.16. The number of carbonyl (C=O) groups excluding carboxylic acids is 1. The molecule has 0 bridgehead atoms. The number of thiophene rings is 1. The number of furan rings is 2. The van der Waals surface area contributed by atoms with Gasteiger partial charge < -0.3 is 19.3 Å². The van der Waals surface area contributed by atoms with Gasteiger partial charge in [-0.2, -0.15) is 0 Å². The van der Waals surface area contributed by atoms with Crippen LogP contribution in [0.15, 0.2) is 62.6 Å². The Bertz CT molecular complexity index is 1540. The zero-order valence-corrected chi connectivity index (χ0v) is 23.4. The van der Waals surface area contributed by atoms with E-state index in [9.17, 15) is 14.7 Å². The second-order valence-electron chi connectivity index (χ2n) is 11.0. The van der Waals surface area contributed by atoms with Crippen LogP contribution >= 0.6 is 11.3 Å². The van der Waals surface area contributed by atoms with Crippen molar-refractivity contribution in [2.75, 3.05) is 0 Å². The molecule has 0 spiro atoms. The first-order valence-electron chi connectivity index (χ1n) is 13.0. The monoisotopic (exact) mass is 544 g/mol. The second kappa shape index (κ2) is 10.7. The third-order valence-corrected chi connectivity index (χ3v) is 8.54. The first kappa shape index (κ1) is 26.7. The summed E-state index contributed by atoms with van der Waals surface area (Å²) in [5, 5.41) is 12.9. The van der Waals surface area contributed by atoms with Gasteiger partial charge in [0.05, 0.1) is 30.1 Å². The number of hydrogen-bond acceptors (Lipinski definition) is 6. The van der Waals surface area contributed by atoms with E-state index in [1.54, 1.807) is 48.1 Å². The van der Waals surface area contributed by atoms with Gasteiger partial charge in [-0.1, -0.05) is 26.8 Å². The first-order valence-corrected chi connectivity index (χ1v) is 13.8. The molecular formula is C31H32N2O5S. The third-order valence-electron chi connectivity index (χ3n) is 7.38. The Labute approximate surface area is 231 Å². The van der Waals surface area contributed by atoms with Crippen molar-refractivity contribution in [3.05, 3.63) is 87.4 Å². The van der Waals surface area contributed by atoms with Crippen molar-refractivity contribution < 1.29 is 23.5 Å². The van der Waals surface area contributed by atoms with Crippen LogP contribution in [0.3, 0.4) is 0 Å². The Morgan fingerprint density at radius 3 is 2.72 bits per heavy atom. The maximum Gasteiger partial charge on any atom is 0.335 e. The van der Waals surface area contributed by atoms with Crippen LogP contribution in [0.1, 0.15) is 75.4 Å². The van der Waals surface area contributed by atoms with Crippen molar-refractivity contribution >= 4 is 34.4 Å². The molecule has 1 aromatic carbocycles. The minimum absolute atomic E-state index is 0.153. The van der Waals surface area contributed by atoms with Gasteiger partial charge in [-0.3, -0.25) is 4.79 Å². The van der Waals surface area contributed by atoms with Crippen molar-refractivity contribution in [2.45, 2.75) is 53.5 Å². The summed E-state index contributed by atoms with van der Waals surface area (Å²) in [6.45, 7) is 8.99. The Morgan fingerprint density at radius 1 is 1.21 bits per heavy atom. The van der Waals surface area contributed by atoms with Crippen LogP contribution in [0, 0.1) is 18.3 Å². The lowest BCUT2D eigenvalue weighted by atomic mass is 9.72. The van der Waals surface area contributed by atoms with Gasteiger partial charge in [0.25, 0.3) is 5.91 Å². The summed E-state index contributed by atoms with van der Waals surface area (Å²) in [4.78, 5) is 30.6. The van der Waals surface area contributed by atoms with E-state index in [4.69, 9.17) is 13.8 Å². The summed E-state index contributed by atoms with van der Waals surface area (Å²) < 4.78 is 11.4. The van der Waals surface area contributed by atoms with E-state index in [0.29, 0.717) is 40.3 Å². The lowest BCUT2D eigenvalue weighted by Gasteiger charge is -2.33. The number of aromatic carboxylic acids is 1. The molecule has 0 radical (unpaired) electrons. The zero-order valence-electron chi connectivity index (χ0n) is 22.5. The van der Waals surface area contributed by atoms with Crippen LogP contribution in [0.5, 0.6) is 0 Å². The molecule has 8 heteroatoms. The molecule has 202 valence electrons. The molecule has 39 heavy (non-hydrogen) atoms. The molecule has 0 saturated carbocycles. The largest absolute Gasteiger partial charge is 0.478 e. The van der Waals surface area contributed by atoms with Gasteiger partial charge in [0.2, 0.25) is 0 Å². The molecule has 1 aliphatic carbocycles. The Hall–Kier alpha value is -3.91. The highest BCUT2D eigenvalue weighted by Gasteiger charge is 2.33. The number of aliphatic imine (C=N–C) groups is 1. The van der Waals surface area contributed by atoms with Gasteiger partial charge in [0.1, 0.15) is 22.3 Å². The number of rotatable bonds is 7. The fourth-order valence-electron chi connectivity index (χ4n) is 5.07. The molecule has 0 saturated heterocycles. The van der Waals surface area contributed by atoms with Crippen LogP contribution in [-0.2, 0) is 19.4 Å². The maximum absolute atomic E-state index is 13.4. The van der Waals surface area contributed by atoms with Crippen molar-refractivity contribution in [1.29, 1.82) is 0 Å². The van der Waals surface area contributed by atoms with E-state index < -0.39 is 5.97 Å². The highest BCUT2D eigenvalue weighted by atomic mass is 32.1. The normalized spacial score (nSPS) is 15.4. The molecule has 2 N–H and O–H groups in total. The van der Waals surface area contributed by atoms with Crippen molar-refractivity contribution in [3.8, 4) is 11.3 Å². The minimum Gasteiger partial charge on any atom is -0.478 e. The number of hydrogen-bond donors (Lipinski definition) is 2. The van der Waals surface area contributed by atoms with Crippen LogP contribution < -0.4 is 5.32 Å². The second-order valence-corrected chi connectivity index (χ2v) is 12.1. The molecule has 1 amide bonds. The van der Waals surface area contributed by atoms with E-state index in [1.807, 2.05) is 25.1 Å². The van der Waals surface area contributed by atoms with Crippen molar-refractivity contribution in [2.24, 2.45) is 16.3 Å². The van der Waals surface area contributed by atoms with Crippen LogP contribution in [0.4, 0.5) is 5.00 Å². The summed E-state index contributed by atoms with van der Waals surface area (Å²) >= 11 is 1.58. The van der Waals surface area contributed by atoms with E-state index in [1.165, 1.54) is 4.88 Å². The number of benzene rings is 1. The summed E-state index contributed by atoms with van der Waals surface area (Å²) in [6.07, 6.45) is 6.07. The number of aryl methyl sites for hydroxylation is 1. The standard InChI is InChI=1S/C31H32N2O5S/c1-18-14-19(30(35)36)7-10-23(18)25-12-9-22(38-25)17-33-29-27(28(34)32-16-21-6-5-13-37-21)24-11-8-20(31(2,3)4)15-26(24)39-29/h5-7,9-10,12-14,17,20H,8,11,15-16H2,1-4H3,(H,32,34)(H,35,36)/t20-/m0/s1. The fraction of sp³-hybridized carbons (Fsp3) is 0.323. The lowest BCUT2D eigenvalue weighted by Crippen LogP contribution is -2.28. The fourth-order valence-corrected chi connectivity index (χ4v) is 6.34. The molecule has 0 aliphatic heterocycles. The molecule has 4 aromatic rings. The summed E-state index contributed by atoms with van der Waals surface area (Å²) in [6, 6.07) is 12.2. The SMILES string of the molecule is Cc1cc(C(=O)O)ccc1-c1ccc(C=Nc2sc3c(c2C(=O)NCc2ccco2)CC[C@H](C(C)(C)C)C3)o1. The third kappa shape index (κ3) is 5.76. The van der Waals surface area contributed by atoms with Crippen LogP contribution in [0.2, 0.25) is 0 Å². The van der Waals surface area contributed by atoms with Gasteiger partial charge in [-0.15, -0.1) is 11.3 Å². The quantitative estimate of drug-likeness (QED) is 0.235. The number of carboxylic acid groups (broad SMARTS) is 1. The van der Waals surface area contributed by atoms with Crippen LogP contribution in [-0.4, -0.2) is 23.2 Å². The van der Waals surface area contributed by atoms with Crippen molar-refractivity contribution in [1.82, 2.24) is 5.32 Å². The van der Waals surface area contributed by atoms with Gasteiger partial charge >= 0.3 is 5.97 Å². The van der Waals surface area contributed by atoms with Gasteiger partial charge in [-0.05, 0) is 85.0 Å². The number of nitrogens with one attached hydrogen (secondary N) is 1. The molecule has 3 aromatic heterocycles. The van der Waals surface area contributed by atoms with Gasteiger partial charge in [0, 0.05) is 10.4 Å². The summed E-state index contributed by atoms with van der Waals surface area (Å²) in [5.41, 5.74) is 3.78. The minimum atomic E-state index is -0.964. The maximum atomic E-state index is 13.4. The smallest absolute Gasteiger partial charge is 0.335 e. The molecule has 1 aliphatic rings. The van der Waals surface area contributed by atoms with E-state index >= 15 is 0 Å².